The van der Waals surface area contributed by atoms with Crippen molar-refractivity contribution in [3.05, 3.63) is 29.3 Å². The van der Waals surface area contributed by atoms with E-state index >= 15 is 0 Å². The molecule has 1 aromatic carbocycles. The van der Waals surface area contributed by atoms with Crippen LogP contribution in [0.25, 0.3) is 6.08 Å². The van der Waals surface area contributed by atoms with Crippen molar-refractivity contribution in [2.24, 2.45) is 5.92 Å². The molecule has 1 amide bonds. The Morgan fingerprint density at radius 3 is 2.90 bits per heavy atom. The van der Waals surface area contributed by atoms with Gasteiger partial charge in [-0.2, -0.15) is 0 Å². The first-order valence-corrected chi connectivity index (χ1v) is 10.1. The molecule has 29 heavy (non-hydrogen) atoms. The van der Waals surface area contributed by atoms with E-state index in [4.69, 9.17) is 23.7 Å². The number of nitrogens with one attached hydrogen (secondary N) is 1. The van der Waals surface area contributed by atoms with Crippen LogP contribution in [0, 0.1) is 5.92 Å². The maximum Gasteiger partial charge on any atom is 0.220 e. The van der Waals surface area contributed by atoms with Gasteiger partial charge >= 0.3 is 0 Å². The summed E-state index contributed by atoms with van der Waals surface area (Å²) < 4.78 is 28.7. The van der Waals surface area contributed by atoms with Gasteiger partial charge in [0.15, 0.2) is 11.5 Å². The lowest BCUT2D eigenvalue weighted by atomic mass is 9.56. The molecule has 3 aliphatic rings. The van der Waals surface area contributed by atoms with Gasteiger partial charge in [0.1, 0.15) is 12.9 Å². The average Bonchev–Trinajstić information content (AvgIpc) is 3.09. The van der Waals surface area contributed by atoms with Crippen molar-refractivity contribution < 1.29 is 28.5 Å². The minimum atomic E-state index is -0.469. The van der Waals surface area contributed by atoms with Crippen molar-refractivity contribution in [2.75, 3.05) is 41.3 Å². The van der Waals surface area contributed by atoms with E-state index in [1.165, 1.54) is 0 Å². The van der Waals surface area contributed by atoms with E-state index in [2.05, 4.69) is 17.5 Å². The first-order valence-electron chi connectivity index (χ1n) is 10.1. The molecule has 0 saturated heterocycles. The second-order valence-electron chi connectivity index (χ2n) is 7.76. The topological polar surface area (TPSA) is 75.3 Å². The number of benzene rings is 1. The number of ether oxygens (including phenoxy) is 5. The number of carbonyl (C=O) groups excluding carboxylic acids is 1. The third kappa shape index (κ3) is 3.31. The van der Waals surface area contributed by atoms with E-state index in [0.29, 0.717) is 25.4 Å². The molecule has 2 aliphatic carbocycles. The molecule has 0 unspecified atom stereocenters. The van der Waals surface area contributed by atoms with Gasteiger partial charge in [0, 0.05) is 26.1 Å². The van der Waals surface area contributed by atoms with Crippen LogP contribution >= 0.6 is 0 Å². The van der Waals surface area contributed by atoms with Gasteiger partial charge in [-0.15, -0.1) is 0 Å². The van der Waals surface area contributed by atoms with Crippen LogP contribution < -0.4 is 14.8 Å². The molecule has 1 aromatic rings. The zero-order valence-electron chi connectivity index (χ0n) is 17.2. The SMILES string of the molecule is CNC(=O)C[C@@]12c3c4ccc(OC)c3O[C@@H]1[C@@H](OCOCCOC)CC[C@@H]2C=C4. The molecule has 1 saturated carbocycles. The Bertz CT molecular complexity index is 794. The highest BCUT2D eigenvalue weighted by atomic mass is 16.7. The lowest BCUT2D eigenvalue weighted by Gasteiger charge is -2.48. The normalized spacial score (nSPS) is 28.6. The fourth-order valence-corrected chi connectivity index (χ4v) is 5.08. The van der Waals surface area contributed by atoms with Crippen LogP contribution in [0.3, 0.4) is 0 Å². The smallest absolute Gasteiger partial charge is 0.220 e. The summed E-state index contributed by atoms with van der Waals surface area (Å²) in [7, 11) is 4.95. The number of methoxy groups -OCH3 is 2. The number of hydrogen-bond acceptors (Lipinski definition) is 6. The third-order valence-electron chi connectivity index (χ3n) is 6.39. The largest absolute Gasteiger partial charge is 0.493 e. The van der Waals surface area contributed by atoms with Gasteiger partial charge in [0.05, 0.1) is 31.8 Å². The molecule has 7 heteroatoms. The highest BCUT2D eigenvalue weighted by Gasteiger charge is 2.61. The van der Waals surface area contributed by atoms with Crippen LogP contribution in [-0.2, 0) is 24.4 Å². The monoisotopic (exact) mass is 403 g/mol. The molecule has 0 aromatic heterocycles. The van der Waals surface area contributed by atoms with Gasteiger partial charge in [-0.1, -0.05) is 18.2 Å². The Balaban J connectivity index is 1.69. The molecule has 0 bridgehead atoms. The van der Waals surface area contributed by atoms with Gasteiger partial charge in [0.2, 0.25) is 5.91 Å². The molecule has 0 spiro atoms. The molecule has 0 radical (unpaired) electrons. The van der Waals surface area contributed by atoms with Crippen molar-refractivity contribution in [1.29, 1.82) is 0 Å². The van der Waals surface area contributed by atoms with Crippen LogP contribution in [0.2, 0.25) is 0 Å². The zero-order valence-corrected chi connectivity index (χ0v) is 17.2. The van der Waals surface area contributed by atoms with Gasteiger partial charge < -0.3 is 29.0 Å². The number of hydrogen-bond donors (Lipinski definition) is 1. The second-order valence-corrected chi connectivity index (χ2v) is 7.76. The van der Waals surface area contributed by atoms with Crippen molar-refractivity contribution in [2.45, 2.75) is 36.9 Å². The van der Waals surface area contributed by atoms with E-state index in [1.54, 1.807) is 21.3 Å². The van der Waals surface area contributed by atoms with E-state index in [-0.39, 0.29) is 30.8 Å². The fourth-order valence-electron chi connectivity index (χ4n) is 5.08. The Morgan fingerprint density at radius 1 is 1.28 bits per heavy atom. The molecule has 7 nitrogen and oxygen atoms in total. The van der Waals surface area contributed by atoms with Crippen molar-refractivity contribution in [1.82, 2.24) is 5.32 Å². The quantitative estimate of drug-likeness (QED) is 0.504. The molecule has 4 rings (SSSR count). The lowest BCUT2D eigenvalue weighted by Crippen LogP contribution is -2.57. The number of rotatable bonds is 9. The Hall–Kier alpha value is -2.09. The standard InChI is InChI=1S/C22H29NO6/c1-23-18(24)12-22-15-6-4-14-5-8-16(26-3)20(19(14)22)29-21(22)17(9-7-15)28-13-27-11-10-25-2/h4-6,8,15,17,21H,7,9-13H2,1-3H3,(H,23,24)/t15-,17-,21+,22+/m0/s1. The molecule has 4 atom stereocenters. The Morgan fingerprint density at radius 2 is 2.14 bits per heavy atom. The van der Waals surface area contributed by atoms with E-state index in [0.717, 1.165) is 29.7 Å². The summed E-state index contributed by atoms with van der Waals surface area (Å²) in [5.41, 5.74) is 1.69. The summed E-state index contributed by atoms with van der Waals surface area (Å²) >= 11 is 0. The van der Waals surface area contributed by atoms with Gasteiger partial charge in [0.25, 0.3) is 0 Å². The number of allylic oxidation sites excluding steroid dienone is 1. The molecule has 1 aliphatic heterocycles. The van der Waals surface area contributed by atoms with E-state index in [1.807, 2.05) is 12.1 Å². The predicted molar refractivity (Wildman–Crippen MR) is 107 cm³/mol. The van der Waals surface area contributed by atoms with Crippen molar-refractivity contribution >= 4 is 12.0 Å². The molecule has 1 N–H and O–H groups in total. The Kier molecular flexibility index (Phi) is 5.81. The van der Waals surface area contributed by atoms with Crippen LogP contribution in [0.4, 0.5) is 0 Å². The van der Waals surface area contributed by atoms with Crippen molar-refractivity contribution in [3.63, 3.8) is 0 Å². The summed E-state index contributed by atoms with van der Waals surface area (Å²) in [6.07, 6.45) is 6.04. The molecular weight excluding hydrogens is 374 g/mol. The van der Waals surface area contributed by atoms with Crippen LogP contribution in [-0.4, -0.2) is 59.4 Å². The summed E-state index contributed by atoms with van der Waals surface area (Å²) in [5, 5.41) is 2.80. The van der Waals surface area contributed by atoms with Crippen molar-refractivity contribution in [3.8, 4) is 11.5 Å². The summed E-state index contributed by atoms with van der Waals surface area (Å²) in [6.45, 7) is 1.17. The third-order valence-corrected chi connectivity index (χ3v) is 6.39. The maximum atomic E-state index is 12.6. The highest BCUT2D eigenvalue weighted by Crippen LogP contribution is 2.61. The van der Waals surface area contributed by atoms with Crippen LogP contribution in [0.5, 0.6) is 11.5 Å². The number of carbonyl (C=O) groups is 1. The first kappa shape index (κ1) is 20.2. The zero-order chi connectivity index (χ0) is 20.4. The summed E-state index contributed by atoms with van der Waals surface area (Å²) in [5.74, 6) is 1.64. The second kappa shape index (κ2) is 8.34. The van der Waals surface area contributed by atoms with Crippen LogP contribution in [0.1, 0.15) is 30.4 Å². The first-order chi connectivity index (χ1) is 14.2. The minimum absolute atomic E-state index is 0.00230. The van der Waals surface area contributed by atoms with E-state index < -0.39 is 5.41 Å². The summed E-state index contributed by atoms with van der Waals surface area (Å²) in [4.78, 5) is 12.6. The maximum absolute atomic E-state index is 12.6. The molecule has 1 fully saturated rings. The molecular formula is C22H29NO6. The van der Waals surface area contributed by atoms with E-state index in [9.17, 15) is 4.79 Å². The minimum Gasteiger partial charge on any atom is -0.493 e. The van der Waals surface area contributed by atoms with Gasteiger partial charge in [-0.25, -0.2) is 0 Å². The molecule has 158 valence electrons. The average molecular weight is 403 g/mol. The summed E-state index contributed by atoms with van der Waals surface area (Å²) in [6, 6.07) is 3.97. The highest BCUT2D eigenvalue weighted by molar-refractivity contribution is 5.81. The Labute approximate surface area is 171 Å². The van der Waals surface area contributed by atoms with Crippen LogP contribution in [0.15, 0.2) is 18.2 Å². The molecule has 1 heterocycles. The number of amides is 1. The predicted octanol–water partition coefficient (Wildman–Crippen LogP) is 2.27. The lowest BCUT2D eigenvalue weighted by molar-refractivity contribution is -0.153. The fraction of sp³-hybridized carbons (Fsp3) is 0.591. The van der Waals surface area contributed by atoms with Gasteiger partial charge in [-0.3, -0.25) is 4.79 Å². The van der Waals surface area contributed by atoms with Gasteiger partial charge in [-0.05, 0) is 30.4 Å².